The molecule has 1 amide bonds. The fourth-order valence-electron chi connectivity index (χ4n) is 4.02. The van der Waals surface area contributed by atoms with E-state index >= 15 is 0 Å². The number of carbonyl (C=O) groups excluding carboxylic acids is 1. The van der Waals surface area contributed by atoms with Gasteiger partial charge in [0, 0.05) is 45.2 Å². The Hall–Kier alpha value is -3.36. The van der Waals surface area contributed by atoms with Crippen LogP contribution in [0.25, 0.3) is 11.1 Å². The molecule has 3 heterocycles. The van der Waals surface area contributed by atoms with Gasteiger partial charge in [-0.15, -0.1) is 0 Å². The molecule has 1 unspecified atom stereocenters. The number of carbonyl (C=O) groups is 1. The molecule has 4 rings (SSSR count). The van der Waals surface area contributed by atoms with E-state index in [0.29, 0.717) is 30.6 Å². The van der Waals surface area contributed by atoms with E-state index < -0.39 is 0 Å². The van der Waals surface area contributed by atoms with Gasteiger partial charge in [-0.25, -0.2) is 14.4 Å². The second-order valence-electron chi connectivity index (χ2n) is 8.20. The number of rotatable bonds is 6. The van der Waals surface area contributed by atoms with Crippen LogP contribution in [0.4, 0.5) is 10.3 Å². The Morgan fingerprint density at radius 2 is 2.00 bits per heavy atom. The van der Waals surface area contributed by atoms with Crippen LogP contribution < -0.4 is 4.90 Å². The highest BCUT2D eigenvalue weighted by molar-refractivity contribution is 5.77. The zero-order valence-corrected chi connectivity index (χ0v) is 18.6. The number of piperidine rings is 1. The van der Waals surface area contributed by atoms with Crippen LogP contribution in [0.5, 0.6) is 0 Å². The number of anilines is 1. The summed E-state index contributed by atoms with van der Waals surface area (Å²) in [6.07, 6.45) is 5.21. The summed E-state index contributed by atoms with van der Waals surface area (Å²) in [6, 6.07) is 6.12. The van der Waals surface area contributed by atoms with Crippen molar-refractivity contribution >= 4 is 11.9 Å². The monoisotopic (exact) mass is 438 g/mol. The molecule has 168 valence electrons. The van der Waals surface area contributed by atoms with Crippen molar-refractivity contribution in [3.63, 3.8) is 0 Å². The van der Waals surface area contributed by atoms with E-state index in [0.717, 1.165) is 36.1 Å². The molecule has 0 saturated carbocycles. The van der Waals surface area contributed by atoms with E-state index in [4.69, 9.17) is 9.51 Å². The SMILES string of the molecule is Cc1noc(CCC(=O)N2CCCCC2c2nc(N(C)C)ncc2-c2ccc(F)cc2)n1. The number of likely N-dealkylation sites (tertiary alicyclic amines) is 1. The molecule has 0 bridgehead atoms. The molecule has 1 fully saturated rings. The van der Waals surface area contributed by atoms with Crippen molar-refractivity contribution < 1.29 is 13.7 Å². The maximum Gasteiger partial charge on any atom is 0.227 e. The molecule has 8 nitrogen and oxygen atoms in total. The van der Waals surface area contributed by atoms with Gasteiger partial charge >= 0.3 is 0 Å². The molecule has 32 heavy (non-hydrogen) atoms. The van der Waals surface area contributed by atoms with Crippen LogP contribution >= 0.6 is 0 Å². The maximum absolute atomic E-state index is 13.5. The fraction of sp³-hybridized carbons (Fsp3) is 0.435. The highest BCUT2D eigenvalue weighted by Gasteiger charge is 2.31. The predicted octanol–water partition coefficient (Wildman–Crippen LogP) is 3.73. The van der Waals surface area contributed by atoms with Crippen molar-refractivity contribution in [2.75, 3.05) is 25.5 Å². The number of benzene rings is 1. The third kappa shape index (κ3) is 4.76. The van der Waals surface area contributed by atoms with Crippen LogP contribution in [0.3, 0.4) is 0 Å². The highest BCUT2D eigenvalue weighted by Crippen LogP contribution is 2.36. The molecule has 9 heteroatoms. The van der Waals surface area contributed by atoms with Gasteiger partial charge in [0.15, 0.2) is 5.82 Å². The smallest absolute Gasteiger partial charge is 0.227 e. The van der Waals surface area contributed by atoms with Crippen molar-refractivity contribution in [1.29, 1.82) is 0 Å². The standard InChI is InChI=1S/C23H27FN6O2/c1-15-26-20(32-28-15)11-12-21(31)30-13-5-4-6-19(30)22-18(14-25-23(27-22)29(2)3)16-7-9-17(24)10-8-16/h7-10,14,19H,4-6,11-13H2,1-3H3. The van der Waals surface area contributed by atoms with Gasteiger partial charge in [-0.2, -0.15) is 4.98 Å². The van der Waals surface area contributed by atoms with Gasteiger partial charge in [0.25, 0.3) is 0 Å². The zero-order valence-electron chi connectivity index (χ0n) is 18.6. The van der Waals surface area contributed by atoms with Crippen molar-refractivity contribution in [3.05, 3.63) is 53.7 Å². The summed E-state index contributed by atoms with van der Waals surface area (Å²) in [5.74, 6) is 1.33. The lowest BCUT2D eigenvalue weighted by molar-refractivity contribution is -0.135. The van der Waals surface area contributed by atoms with Crippen LogP contribution in [-0.2, 0) is 11.2 Å². The highest BCUT2D eigenvalue weighted by atomic mass is 19.1. The number of nitrogens with zero attached hydrogens (tertiary/aromatic N) is 6. The first-order valence-corrected chi connectivity index (χ1v) is 10.8. The van der Waals surface area contributed by atoms with Crippen molar-refractivity contribution in [2.45, 2.75) is 45.1 Å². The Bertz CT molecular complexity index is 1080. The van der Waals surface area contributed by atoms with Crippen molar-refractivity contribution in [3.8, 4) is 11.1 Å². The Labute approximate surface area is 186 Å². The summed E-state index contributed by atoms with van der Waals surface area (Å²) < 4.78 is 18.7. The largest absolute Gasteiger partial charge is 0.347 e. The van der Waals surface area contributed by atoms with Gasteiger partial charge in [-0.05, 0) is 43.9 Å². The van der Waals surface area contributed by atoms with E-state index in [1.54, 1.807) is 25.3 Å². The van der Waals surface area contributed by atoms with Crippen LogP contribution in [0.2, 0.25) is 0 Å². The quantitative estimate of drug-likeness (QED) is 0.579. The summed E-state index contributed by atoms with van der Waals surface area (Å²) in [5.41, 5.74) is 2.43. The molecule has 1 aliphatic rings. The van der Waals surface area contributed by atoms with Crippen molar-refractivity contribution in [1.82, 2.24) is 25.0 Å². The number of amides is 1. The Morgan fingerprint density at radius 1 is 1.22 bits per heavy atom. The Kier molecular flexibility index (Phi) is 6.43. The first-order valence-electron chi connectivity index (χ1n) is 10.8. The predicted molar refractivity (Wildman–Crippen MR) is 117 cm³/mol. The third-order valence-corrected chi connectivity index (χ3v) is 5.62. The van der Waals surface area contributed by atoms with Crippen LogP contribution in [0, 0.1) is 12.7 Å². The minimum atomic E-state index is -0.299. The van der Waals surface area contributed by atoms with Gasteiger partial charge < -0.3 is 14.3 Å². The molecule has 1 aromatic carbocycles. The molecular formula is C23H27FN6O2. The molecule has 0 aliphatic carbocycles. The van der Waals surface area contributed by atoms with E-state index in [9.17, 15) is 9.18 Å². The topological polar surface area (TPSA) is 88.3 Å². The second kappa shape index (κ2) is 9.42. The van der Waals surface area contributed by atoms with Crippen LogP contribution in [0.15, 0.2) is 35.0 Å². The molecule has 2 aromatic heterocycles. The minimum absolute atomic E-state index is 0.0284. The average molecular weight is 439 g/mol. The van der Waals surface area contributed by atoms with Gasteiger partial charge in [0.05, 0.1) is 11.7 Å². The summed E-state index contributed by atoms with van der Waals surface area (Å²) in [6.45, 7) is 2.42. The maximum atomic E-state index is 13.5. The number of aryl methyl sites for hydroxylation is 2. The number of hydrogen-bond acceptors (Lipinski definition) is 7. The normalized spacial score (nSPS) is 16.2. The number of hydrogen-bond donors (Lipinski definition) is 0. The van der Waals surface area contributed by atoms with Crippen LogP contribution in [0.1, 0.15) is 49.1 Å². The van der Waals surface area contributed by atoms with E-state index in [2.05, 4.69) is 15.1 Å². The average Bonchev–Trinajstić information content (AvgIpc) is 3.22. The van der Waals surface area contributed by atoms with E-state index in [1.165, 1.54) is 12.1 Å². The number of aromatic nitrogens is 4. The summed E-state index contributed by atoms with van der Waals surface area (Å²) in [7, 11) is 3.76. The van der Waals surface area contributed by atoms with Crippen LogP contribution in [-0.4, -0.2) is 51.6 Å². The lowest BCUT2D eigenvalue weighted by Gasteiger charge is -2.36. The van der Waals surface area contributed by atoms with Gasteiger partial charge in [0.1, 0.15) is 5.82 Å². The molecule has 0 radical (unpaired) electrons. The van der Waals surface area contributed by atoms with E-state index in [1.807, 2.05) is 23.9 Å². The lowest BCUT2D eigenvalue weighted by Crippen LogP contribution is -2.39. The Morgan fingerprint density at radius 3 is 2.69 bits per heavy atom. The molecule has 0 spiro atoms. The van der Waals surface area contributed by atoms with E-state index in [-0.39, 0.29) is 24.2 Å². The first kappa shape index (κ1) is 21.9. The molecule has 3 aromatic rings. The first-order chi connectivity index (χ1) is 15.4. The van der Waals surface area contributed by atoms with Gasteiger partial charge in [-0.1, -0.05) is 17.3 Å². The molecular weight excluding hydrogens is 411 g/mol. The summed E-state index contributed by atoms with van der Waals surface area (Å²) in [5, 5.41) is 3.79. The molecule has 1 saturated heterocycles. The minimum Gasteiger partial charge on any atom is -0.347 e. The molecule has 1 aliphatic heterocycles. The second-order valence-corrected chi connectivity index (χ2v) is 8.20. The lowest BCUT2D eigenvalue weighted by atomic mass is 9.93. The van der Waals surface area contributed by atoms with Crippen molar-refractivity contribution in [2.24, 2.45) is 0 Å². The third-order valence-electron chi connectivity index (χ3n) is 5.62. The van der Waals surface area contributed by atoms with Gasteiger partial charge in [0.2, 0.25) is 17.7 Å². The summed E-state index contributed by atoms with van der Waals surface area (Å²) >= 11 is 0. The molecule has 0 N–H and O–H groups in total. The molecule has 1 atom stereocenters. The summed E-state index contributed by atoms with van der Waals surface area (Å²) in [4.78, 5) is 30.4. The van der Waals surface area contributed by atoms with Gasteiger partial charge in [-0.3, -0.25) is 4.79 Å². The number of halogens is 1. The Balaban J connectivity index is 1.65. The zero-order chi connectivity index (χ0) is 22.7. The fourth-order valence-corrected chi connectivity index (χ4v) is 4.02.